The van der Waals surface area contributed by atoms with Gasteiger partial charge in [-0.2, -0.15) is 18.3 Å². The second-order valence-electron chi connectivity index (χ2n) is 9.40. The molecule has 1 aromatic carbocycles. The minimum atomic E-state index is -4.34. The van der Waals surface area contributed by atoms with E-state index in [1.54, 1.807) is 11.6 Å². The van der Waals surface area contributed by atoms with Gasteiger partial charge in [-0.3, -0.25) is 0 Å². The van der Waals surface area contributed by atoms with Crippen LogP contribution in [0.15, 0.2) is 18.2 Å². The molecule has 33 heavy (non-hydrogen) atoms. The molecule has 1 atom stereocenters. The molecule has 1 aliphatic rings. The molecule has 1 fully saturated rings. The smallest absolute Gasteiger partial charge is 0.411 e. The maximum atomic E-state index is 12.5. The van der Waals surface area contributed by atoms with E-state index in [1.807, 2.05) is 23.1 Å². The number of alkyl halides is 3. The molecule has 0 unspecified atom stereocenters. The Bertz CT molecular complexity index is 959. The van der Waals surface area contributed by atoms with Gasteiger partial charge in [0.2, 0.25) is 0 Å². The summed E-state index contributed by atoms with van der Waals surface area (Å²) in [6.07, 6.45) is -4.33. The van der Waals surface area contributed by atoms with Crippen LogP contribution in [0.2, 0.25) is 25.7 Å². The quantitative estimate of drug-likeness (QED) is 0.275. The van der Waals surface area contributed by atoms with E-state index >= 15 is 0 Å². The number of ether oxygens (including phenoxy) is 3. The largest absolute Gasteiger partial charge is 0.461 e. The number of benzene rings is 1. The first-order chi connectivity index (χ1) is 15.5. The number of hydrogen-bond acceptors (Lipinski definition) is 6. The highest BCUT2D eigenvalue weighted by Crippen LogP contribution is 2.29. The van der Waals surface area contributed by atoms with Crippen LogP contribution in [0.4, 0.5) is 18.9 Å². The van der Waals surface area contributed by atoms with E-state index in [1.165, 1.54) is 0 Å². The lowest BCUT2D eigenvalue weighted by Crippen LogP contribution is -2.26. The van der Waals surface area contributed by atoms with Crippen molar-refractivity contribution < 1.29 is 32.2 Å². The van der Waals surface area contributed by atoms with Crippen molar-refractivity contribution in [1.82, 2.24) is 9.78 Å². The van der Waals surface area contributed by atoms with E-state index in [4.69, 9.17) is 14.2 Å². The van der Waals surface area contributed by atoms with Crippen molar-refractivity contribution in [1.29, 1.82) is 0 Å². The first kappa shape index (κ1) is 25.5. The van der Waals surface area contributed by atoms with Crippen LogP contribution in [-0.2, 0) is 20.9 Å². The van der Waals surface area contributed by atoms with E-state index < -0.39 is 32.9 Å². The zero-order chi connectivity index (χ0) is 24.2. The molecule has 7 nitrogen and oxygen atoms in total. The van der Waals surface area contributed by atoms with Crippen LogP contribution in [0.1, 0.15) is 23.8 Å². The fraction of sp³-hybridized carbons (Fsp3) is 0.636. The van der Waals surface area contributed by atoms with Crippen molar-refractivity contribution >= 4 is 30.6 Å². The highest BCUT2D eigenvalue weighted by Gasteiger charge is 2.32. The molecule has 0 bridgehead atoms. The van der Waals surface area contributed by atoms with E-state index in [0.717, 1.165) is 17.2 Å². The maximum absolute atomic E-state index is 12.5. The van der Waals surface area contributed by atoms with Gasteiger partial charge in [-0.05, 0) is 37.6 Å². The van der Waals surface area contributed by atoms with Crippen LogP contribution in [-0.4, -0.2) is 69.0 Å². The molecular weight excluding hydrogens is 455 g/mol. The summed E-state index contributed by atoms with van der Waals surface area (Å²) >= 11 is 0. The van der Waals surface area contributed by atoms with Crippen LogP contribution in [0.5, 0.6) is 0 Å². The summed E-state index contributed by atoms with van der Waals surface area (Å²) in [4.78, 5) is 14.5. The van der Waals surface area contributed by atoms with Gasteiger partial charge in [0.15, 0.2) is 5.69 Å². The molecule has 0 spiro atoms. The lowest BCUT2D eigenvalue weighted by Gasteiger charge is -2.19. The van der Waals surface area contributed by atoms with Gasteiger partial charge in [-0.25, -0.2) is 9.48 Å². The molecule has 184 valence electrons. The van der Waals surface area contributed by atoms with Crippen LogP contribution in [0.25, 0.3) is 10.9 Å². The minimum absolute atomic E-state index is 0.201. The Hall–Kier alpha value is -2.11. The number of nitrogens with zero attached hydrogens (tertiary/aromatic N) is 3. The fourth-order valence-electron chi connectivity index (χ4n) is 3.65. The number of aromatic nitrogens is 2. The Morgan fingerprint density at radius 3 is 2.70 bits per heavy atom. The van der Waals surface area contributed by atoms with Crippen molar-refractivity contribution in [3.05, 3.63) is 23.9 Å². The van der Waals surface area contributed by atoms with Gasteiger partial charge < -0.3 is 19.1 Å². The van der Waals surface area contributed by atoms with Crippen molar-refractivity contribution in [2.75, 3.05) is 37.8 Å². The number of rotatable bonds is 10. The highest BCUT2D eigenvalue weighted by atomic mass is 28.3. The van der Waals surface area contributed by atoms with E-state index in [0.29, 0.717) is 31.5 Å². The van der Waals surface area contributed by atoms with Gasteiger partial charge in [-0.15, -0.1) is 0 Å². The first-order valence-corrected chi connectivity index (χ1v) is 14.9. The van der Waals surface area contributed by atoms with Crippen molar-refractivity contribution in [3.63, 3.8) is 0 Å². The average Bonchev–Trinajstić information content (AvgIpc) is 3.33. The van der Waals surface area contributed by atoms with Crippen molar-refractivity contribution in [2.24, 2.45) is 0 Å². The van der Waals surface area contributed by atoms with Crippen LogP contribution < -0.4 is 4.90 Å². The van der Waals surface area contributed by atoms with E-state index in [2.05, 4.69) is 24.7 Å². The van der Waals surface area contributed by atoms with Gasteiger partial charge in [0.05, 0.1) is 18.2 Å². The number of esters is 1. The Morgan fingerprint density at radius 2 is 2.03 bits per heavy atom. The summed E-state index contributed by atoms with van der Waals surface area (Å²) in [5, 5.41) is 5.07. The third-order valence-corrected chi connectivity index (χ3v) is 7.11. The average molecular weight is 488 g/mol. The molecule has 11 heteroatoms. The van der Waals surface area contributed by atoms with Crippen LogP contribution in [0, 0.1) is 0 Å². The fourth-order valence-corrected chi connectivity index (χ4v) is 4.41. The maximum Gasteiger partial charge on any atom is 0.411 e. The van der Waals surface area contributed by atoms with Crippen LogP contribution >= 0.6 is 0 Å². The molecule has 2 heterocycles. The van der Waals surface area contributed by atoms with Crippen LogP contribution in [0.3, 0.4) is 0 Å². The molecule has 1 aliphatic heterocycles. The van der Waals surface area contributed by atoms with E-state index in [-0.39, 0.29) is 19.0 Å². The molecule has 2 aromatic rings. The second kappa shape index (κ2) is 10.4. The Kier molecular flexibility index (Phi) is 8.07. The molecule has 1 aromatic heterocycles. The SMILES string of the molecule is CCOC(=O)c1nn(COCC[Si](C)(C)C)c2ccc(N3CC[C@@H](OCC(F)(F)F)C3)cc12. The number of anilines is 1. The summed E-state index contributed by atoms with van der Waals surface area (Å²) in [5.74, 6) is -0.520. The molecule has 1 saturated heterocycles. The van der Waals surface area contributed by atoms with Crippen molar-refractivity contribution in [2.45, 2.75) is 58.0 Å². The summed E-state index contributed by atoms with van der Waals surface area (Å²) in [5.41, 5.74) is 1.73. The lowest BCUT2D eigenvalue weighted by atomic mass is 10.1. The highest BCUT2D eigenvalue weighted by molar-refractivity contribution is 6.76. The topological polar surface area (TPSA) is 65.8 Å². The monoisotopic (exact) mass is 487 g/mol. The second-order valence-corrected chi connectivity index (χ2v) is 15.0. The van der Waals surface area contributed by atoms with Gasteiger partial charge in [-0.1, -0.05) is 19.6 Å². The van der Waals surface area contributed by atoms with Gasteiger partial charge in [0.25, 0.3) is 0 Å². The molecule has 0 aliphatic carbocycles. The predicted molar refractivity (Wildman–Crippen MR) is 122 cm³/mol. The summed E-state index contributed by atoms with van der Waals surface area (Å²) in [6, 6.07) is 6.59. The zero-order valence-electron chi connectivity index (χ0n) is 19.6. The first-order valence-electron chi connectivity index (χ1n) is 11.2. The summed E-state index contributed by atoms with van der Waals surface area (Å²) in [6.45, 7) is 9.29. The van der Waals surface area contributed by atoms with Crippen molar-refractivity contribution in [3.8, 4) is 0 Å². The molecule has 3 rings (SSSR count). The molecule has 0 N–H and O–H groups in total. The molecular formula is C22H32F3N3O4Si. The standard InChI is InChI=1S/C22H32F3N3O4Si/c1-5-31-21(29)20-18-12-16(27-9-8-17(13-27)32-14-22(23,24)25)6-7-19(18)28(26-20)15-30-10-11-33(2,3)4/h6-7,12,17H,5,8-11,13-15H2,1-4H3/t17-/m1/s1. The summed E-state index contributed by atoms with van der Waals surface area (Å²) < 4.78 is 55.0. The minimum Gasteiger partial charge on any atom is -0.461 e. The Labute approximate surface area is 192 Å². The summed E-state index contributed by atoms with van der Waals surface area (Å²) in [7, 11) is -1.22. The Morgan fingerprint density at radius 1 is 1.27 bits per heavy atom. The van der Waals surface area contributed by atoms with E-state index in [9.17, 15) is 18.0 Å². The number of halogens is 3. The molecule has 0 radical (unpaired) electrons. The third-order valence-electron chi connectivity index (χ3n) is 5.41. The Balaban J connectivity index is 1.77. The molecule has 0 amide bonds. The molecule has 0 saturated carbocycles. The van der Waals surface area contributed by atoms with Gasteiger partial charge in [0, 0.05) is 38.8 Å². The number of carbonyl (C=O) groups is 1. The van der Waals surface area contributed by atoms with Gasteiger partial charge in [0.1, 0.15) is 13.3 Å². The zero-order valence-corrected chi connectivity index (χ0v) is 20.6. The lowest BCUT2D eigenvalue weighted by molar-refractivity contribution is -0.183. The normalized spacial score (nSPS) is 17.2. The predicted octanol–water partition coefficient (Wildman–Crippen LogP) is 4.68. The van der Waals surface area contributed by atoms with Gasteiger partial charge >= 0.3 is 12.1 Å². The number of hydrogen-bond donors (Lipinski definition) is 0. The third kappa shape index (κ3) is 7.18. The number of fused-ring (bicyclic) bond motifs is 1. The number of carbonyl (C=O) groups excluding carboxylic acids is 1.